The van der Waals surface area contributed by atoms with Crippen molar-refractivity contribution >= 4 is 29.0 Å². The van der Waals surface area contributed by atoms with E-state index >= 15 is 4.39 Å². The molecule has 0 saturated heterocycles. The Morgan fingerprint density at radius 2 is 1.51 bits per heavy atom. The molecule has 5 rings (SSSR count). The molecular weight excluding hydrogens is 614 g/mol. The average Bonchev–Trinajstić information content (AvgIpc) is 3.57. The first-order valence-corrected chi connectivity index (χ1v) is 16.1. The molecule has 0 spiro atoms. The lowest BCUT2D eigenvalue weighted by atomic mass is 9.92. The second-order valence-corrected chi connectivity index (χ2v) is 13.6. The minimum atomic E-state index is -1.15. The molecule has 240 valence electrons. The minimum Gasteiger partial charge on any atom is -0.480 e. The van der Waals surface area contributed by atoms with Gasteiger partial charge in [0.2, 0.25) is 5.91 Å². The van der Waals surface area contributed by atoms with E-state index in [0.717, 1.165) is 27.1 Å². The highest BCUT2D eigenvalue weighted by molar-refractivity contribution is 7.14. The molecule has 2 aromatic heterocycles. The number of hydrogen-bond donors (Lipinski definition) is 2. The highest BCUT2D eigenvalue weighted by Crippen LogP contribution is 2.31. The van der Waals surface area contributed by atoms with Gasteiger partial charge in [-0.3, -0.25) is 14.4 Å². The monoisotopic (exact) mass is 649 g/mol. The van der Waals surface area contributed by atoms with Crippen LogP contribution in [0.15, 0.2) is 97.3 Å². The van der Waals surface area contributed by atoms with Crippen LogP contribution >= 0.6 is 11.3 Å². The summed E-state index contributed by atoms with van der Waals surface area (Å²) in [4.78, 5) is 48.4. The summed E-state index contributed by atoms with van der Waals surface area (Å²) in [6, 6.07) is 24.6. The first-order chi connectivity index (χ1) is 22.4. The molecule has 2 N–H and O–H groups in total. The Kier molecular flexibility index (Phi) is 10.1. The van der Waals surface area contributed by atoms with Gasteiger partial charge in [-0.1, -0.05) is 87.5 Å². The molecule has 0 unspecified atom stereocenters. The fourth-order valence-corrected chi connectivity index (χ4v) is 6.13. The van der Waals surface area contributed by atoms with E-state index in [1.807, 2.05) is 66.7 Å². The third-order valence-electron chi connectivity index (χ3n) is 7.89. The van der Waals surface area contributed by atoms with E-state index in [1.54, 1.807) is 24.5 Å². The van der Waals surface area contributed by atoms with Crippen molar-refractivity contribution in [1.82, 2.24) is 15.3 Å². The van der Waals surface area contributed by atoms with Crippen LogP contribution in [0, 0.1) is 11.7 Å². The van der Waals surface area contributed by atoms with Gasteiger partial charge in [0.25, 0.3) is 0 Å². The second-order valence-electron chi connectivity index (χ2n) is 12.6. The maximum absolute atomic E-state index is 15.0. The van der Waals surface area contributed by atoms with Gasteiger partial charge < -0.3 is 10.4 Å². The number of aliphatic carboxylic acids is 1. The number of ketones is 1. The molecule has 47 heavy (non-hydrogen) atoms. The number of Topliss-reactive ketones (excluding diaryl/α,β-unsaturated/α-hetero) is 1. The van der Waals surface area contributed by atoms with Gasteiger partial charge in [0.15, 0.2) is 11.6 Å². The van der Waals surface area contributed by atoms with Crippen LogP contribution in [0.1, 0.15) is 54.2 Å². The normalized spacial score (nSPS) is 12.7. The number of benzene rings is 3. The second kappa shape index (κ2) is 14.2. The Morgan fingerprint density at radius 3 is 2.11 bits per heavy atom. The van der Waals surface area contributed by atoms with Crippen molar-refractivity contribution in [2.45, 2.75) is 52.0 Å². The predicted octanol–water partition coefficient (Wildman–Crippen LogP) is 8.00. The number of hydrogen-bond acceptors (Lipinski definition) is 6. The van der Waals surface area contributed by atoms with E-state index < -0.39 is 23.8 Å². The molecular formula is C38H36FN3O4S. The number of rotatable bonds is 11. The smallest absolute Gasteiger partial charge is 0.325 e. The van der Waals surface area contributed by atoms with Crippen LogP contribution in [0.3, 0.4) is 0 Å². The number of carbonyl (C=O) groups excluding carboxylic acids is 2. The number of nitrogens with zero attached hydrogens (tertiary/aromatic N) is 2. The molecule has 9 heteroatoms. The van der Waals surface area contributed by atoms with Crippen molar-refractivity contribution in [3.63, 3.8) is 0 Å². The van der Waals surface area contributed by atoms with Gasteiger partial charge in [0.05, 0.1) is 4.88 Å². The van der Waals surface area contributed by atoms with Crippen molar-refractivity contribution in [2.75, 3.05) is 0 Å². The number of carboxylic acids is 1. The molecule has 0 aliphatic carbocycles. The molecule has 0 bridgehead atoms. The third kappa shape index (κ3) is 8.23. The minimum absolute atomic E-state index is 0.0581. The van der Waals surface area contributed by atoms with Crippen molar-refractivity contribution in [3.8, 4) is 33.6 Å². The lowest BCUT2D eigenvalue weighted by Crippen LogP contribution is -2.42. The van der Waals surface area contributed by atoms with Crippen LogP contribution in [-0.2, 0) is 21.4 Å². The van der Waals surface area contributed by atoms with Crippen molar-refractivity contribution in [3.05, 3.63) is 118 Å². The molecule has 0 aliphatic heterocycles. The number of aromatic nitrogens is 2. The van der Waals surface area contributed by atoms with E-state index in [2.05, 4.69) is 36.1 Å². The van der Waals surface area contributed by atoms with Gasteiger partial charge in [0.1, 0.15) is 11.9 Å². The maximum Gasteiger partial charge on any atom is 0.325 e. The largest absolute Gasteiger partial charge is 0.480 e. The first-order valence-electron chi connectivity index (χ1n) is 15.3. The third-order valence-corrected chi connectivity index (χ3v) is 9.44. The molecule has 0 radical (unpaired) electrons. The van der Waals surface area contributed by atoms with Gasteiger partial charge in [-0.15, -0.1) is 11.3 Å². The predicted molar refractivity (Wildman–Crippen MR) is 183 cm³/mol. The van der Waals surface area contributed by atoms with E-state index in [1.165, 1.54) is 24.3 Å². The summed E-state index contributed by atoms with van der Waals surface area (Å²) in [5.41, 5.74) is 4.09. The molecule has 1 amide bonds. The number of amides is 1. The number of thiophene rings is 1. The fraction of sp³-hybridized carbons (Fsp3) is 0.237. The summed E-state index contributed by atoms with van der Waals surface area (Å²) in [5.74, 6) is -2.49. The van der Waals surface area contributed by atoms with Crippen molar-refractivity contribution < 1.29 is 23.9 Å². The molecule has 0 aliphatic rings. The maximum atomic E-state index is 15.0. The number of halogens is 1. The summed E-state index contributed by atoms with van der Waals surface area (Å²) in [6.07, 6.45) is 3.35. The van der Waals surface area contributed by atoms with Crippen LogP contribution in [-0.4, -0.2) is 38.8 Å². The van der Waals surface area contributed by atoms with Crippen LogP contribution in [0.2, 0.25) is 0 Å². The highest BCUT2D eigenvalue weighted by atomic mass is 32.1. The average molecular weight is 650 g/mol. The zero-order valence-electron chi connectivity index (χ0n) is 26.7. The van der Waals surface area contributed by atoms with Gasteiger partial charge >= 0.3 is 5.97 Å². The lowest BCUT2D eigenvalue weighted by Gasteiger charge is -2.18. The van der Waals surface area contributed by atoms with Gasteiger partial charge in [0, 0.05) is 46.3 Å². The molecule has 2 heterocycles. The van der Waals surface area contributed by atoms with E-state index in [0.29, 0.717) is 21.8 Å². The Morgan fingerprint density at radius 1 is 0.851 bits per heavy atom. The number of carbonyl (C=O) groups is 3. The van der Waals surface area contributed by atoms with Crippen LogP contribution in [0.25, 0.3) is 33.6 Å². The summed E-state index contributed by atoms with van der Waals surface area (Å²) >= 11 is 1.42. The van der Waals surface area contributed by atoms with E-state index in [9.17, 15) is 19.5 Å². The van der Waals surface area contributed by atoms with Gasteiger partial charge in [-0.25, -0.2) is 14.4 Å². The summed E-state index contributed by atoms with van der Waals surface area (Å²) in [5, 5.41) is 11.8. The van der Waals surface area contributed by atoms with Crippen LogP contribution in [0.5, 0.6) is 0 Å². The summed E-state index contributed by atoms with van der Waals surface area (Å²) < 4.78 is 15.0. The summed E-state index contributed by atoms with van der Waals surface area (Å²) in [6.45, 7) is 7.61. The molecule has 7 nitrogen and oxygen atoms in total. The Bertz CT molecular complexity index is 1880. The fourth-order valence-electron chi connectivity index (χ4n) is 5.12. The molecule has 0 saturated carbocycles. The van der Waals surface area contributed by atoms with Crippen LogP contribution < -0.4 is 5.32 Å². The highest BCUT2D eigenvalue weighted by Gasteiger charge is 2.27. The zero-order chi connectivity index (χ0) is 33.7. The number of nitrogens with one attached hydrogen (secondary N) is 1. The molecule has 0 fully saturated rings. The number of carboxylic acid groups (broad SMARTS) is 1. The van der Waals surface area contributed by atoms with Gasteiger partial charge in [-0.2, -0.15) is 0 Å². The van der Waals surface area contributed by atoms with Crippen molar-refractivity contribution in [1.29, 1.82) is 0 Å². The lowest BCUT2D eigenvalue weighted by molar-refractivity contribution is -0.141. The Hall–Kier alpha value is -5.02. The van der Waals surface area contributed by atoms with E-state index in [-0.39, 0.29) is 29.9 Å². The SMILES string of the molecule is C[C@@H](NC(=O)[C@@H](CC(=O)c1ccc(C(C)(C)C)s1)Cc1ccc(-c2ncc(-c3ccc(-c4ccccc4)cc3F)cn2)cc1)C(=O)O. The standard InChI is InChI=1S/C38H36FN3O4S/c1-23(37(45)46)42-36(44)28(20-32(43)33-16-17-34(47-33)38(2,3)4)18-24-10-12-26(13-11-24)35-40-21-29(22-41-35)30-15-14-27(19-31(30)39)25-8-6-5-7-9-25/h5-17,19,21-23,28H,18,20H2,1-4H3,(H,42,44)(H,45,46)/t23-,28-/m1/s1. The molecule has 2 atom stereocenters. The Balaban J connectivity index is 1.30. The van der Waals surface area contributed by atoms with Crippen molar-refractivity contribution in [2.24, 2.45) is 5.92 Å². The first kappa shape index (κ1) is 33.3. The topological polar surface area (TPSA) is 109 Å². The van der Waals surface area contributed by atoms with Gasteiger partial charge in [-0.05, 0) is 53.6 Å². The van der Waals surface area contributed by atoms with E-state index in [4.69, 9.17) is 0 Å². The molecule has 3 aromatic carbocycles. The zero-order valence-corrected chi connectivity index (χ0v) is 27.5. The quantitative estimate of drug-likeness (QED) is 0.140. The Labute approximate surface area is 277 Å². The molecule has 5 aromatic rings. The van der Waals surface area contributed by atoms with Crippen LogP contribution in [0.4, 0.5) is 4.39 Å². The summed E-state index contributed by atoms with van der Waals surface area (Å²) in [7, 11) is 0.